The number of alkyl halides is 1. The summed E-state index contributed by atoms with van der Waals surface area (Å²) in [5.41, 5.74) is 2.33. The minimum atomic E-state index is 0.0912. The van der Waals surface area contributed by atoms with Crippen LogP contribution in [0.5, 0.6) is 0 Å². The largest absolute Gasteiger partial charge is 0.375 e. The molecule has 0 N–H and O–H groups in total. The van der Waals surface area contributed by atoms with Gasteiger partial charge in [0, 0.05) is 29.6 Å². The van der Waals surface area contributed by atoms with Crippen molar-refractivity contribution in [1.82, 2.24) is 4.98 Å². The maximum atomic E-state index is 6.63. The van der Waals surface area contributed by atoms with Crippen molar-refractivity contribution in [1.29, 1.82) is 0 Å². The van der Waals surface area contributed by atoms with Gasteiger partial charge in [0.1, 0.15) is 0 Å². The number of aromatic nitrogens is 1. The van der Waals surface area contributed by atoms with Gasteiger partial charge in [-0.2, -0.15) is 0 Å². The van der Waals surface area contributed by atoms with Crippen LogP contribution in [0.1, 0.15) is 32.0 Å². The first-order valence-electron chi connectivity index (χ1n) is 6.70. The van der Waals surface area contributed by atoms with Gasteiger partial charge in [-0.15, -0.1) is 11.6 Å². The predicted molar refractivity (Wildman–Crippen MR) is 75.0 cm³/mol. The first-order valence-corrected chi connectivity index (χ1v) is 7.14. The highest BCUT2D eigenvalue weighted by atomic mass is 35.5. The summed E-state index contributed by atoms with van der Waals surface area (Å²) in [5.74, 6) is 0.912. The number of hydrogen-bond acceptors (Lipinski definition) is 2. The van der Waals surface area contributed by atoms with Crippen molar-refractivity contribution >= 4 is 11.6 Å². The Morgan fingerprint density at radius 2 is 2.06 bits per heavy atom. The van der Waals surface area contributed by atoms with Crippen molar-refractivity contribution in [2.24, 2.45) is 11.8 Å². The van der Waals surface area contributed by atoms with Crippen LogP contribution in [0.25, 0.3) is 0 Å². The summed E-state index contributed by atoms with van der Waals surface area (Å²) in [6.45, 7) is 8.59. The lowest BCUT2D eigenvalue weighted by Gasteiger charge is -2.24. The summed E-state index contributed by atoms with van der Waals surface area (Å²) in [5, 5.41) is 0.0912. The number of pyridine rings is 1. The number of rotatable bonds is 3. The maximum Gasteiger partial charge on any atom is 0.0596 e. The fourth-order valence-electron chi connectivity index (χ4n) is 2.97. The molecule has 5 atom stereocenters. The predicted octanol–water partition coefficient (Wildman–Crippen LogP) is 3.60. The van der Waals surface area contributed by atoms with E-state index in [1.54, 1.807) is 0 Å². The number of aryl methyl sites for hydroxylation is 1. The third kappa shape index (κ3) is 2.70. The molecule has 2 rings (SSSR count). The lowest BCUT2D eigenvalue weighted by atomic mass is 9.85. The summed E-state index contributed by atoms with van der Waals surface area (Å²) in [7, 11) is 0. The highest BCUT2D eigenvalue weighted by molar-refractivity contribution is 6.21. The van der Waals surface area contributed by atoms with E-state index >= 15 is 0 Å². The molecule has 100 valence electrons. The monoisotopic (exact) mass is 267 g/mol. The van der Waals surface area contributed by atoms with Gasteiger partial charge in [0.2, 0.25) is 0 Å². The lowest BCUT2D eigenvalue weighted by molar-refractivity contribution is 0.0508. The van der Waals surface area contributed by atoms with Gasteiger partial charge in [0.05, 0.1) is 12.2 Å². The van der Waals surface area contributed by atoms with Crippen LogP contribution in [0.3, 0.4) is 0 Å². The molecule has 2 heterocycles. The highest BCUT2D eigenvalue weighted by Gasteiger charge is 2.41. The summed E-state index contributed by atoms with van der Waals surface area (Å²) in [4.78, 5) is 4.43. The number of nitrogens with zero attached hydrogens (tertiary/aromatic N) is 1. The van der Waals surface area contributed by atoms with E-state index in [0.717, 1.165) is 12.1 Å². The Morgan fingerprint density at radius 1 is 1.33 bits per heavy atom. The Labute approximate surface area is 115 Å². The second-order valence-corrected chi connectivity index (χ2v) is 6.03. The van der Waals surface area contributed by atoms with E-state index in [0.29, 0.717) is 17.9 Å². The van der Waals surface area contributed by atoms with Gasteiger partial charge in [0.15, 0.2) is 0 Å². The van der Waals surface area contributed by atoms with Crippen LogP contribution in [0.15, 0.2) is 18.3 Å². The van der Waals surface area contributed by atoms with Crippen LogP contribution in [-0.2, 0) is 11.2 Å². The maximum absolute atomic E-state index is 6.63. The zero-order chi connectivity index (χ0) is 13.3. The molecule has 0 aromatic carbocycles. The quantitative estimate of drug-likeness (QED) is 0.781. The van der Waals surface area contributed by atoms with Crippen LogP contribution in [-0.4, -0.2) is 22.6 Å². The topological polar surface area (TPSA) is 22.1 Å². The molecule has 0 bridgehead atoms. The minimum absolute atomic E-state index is 0.0912. The highest BCUT2D eigenvalue weighted by Crippen LogP contribution is 2.37. The van der Waals surface area contributed by atoms with Crippen LogP contribution in [0, 0.1) is 18.8 Å². The molecule has 1 aliphatic heterocycles. The van der Waals surface area contributed by atoms with Crippen LogP contribution < -0.4 is 0 Å². The van der Waals surface area contributed by atoms with E-state index in [9.17, 15) is 0 Å². The average Bonchev–Trinajstić information content (AvgIpc) is 2.56. The Bertz CT molecular complexity index is 409. The zero-order valence-electron chi connectivity index (χ0n) is 11.6. The molecule has 1 fully saturated rings. The van der Waals surface area contributed by atoms with E-state index < -0.39 is 0 Å². The molecule has 1 aliphatic rings. The van der Waals surface area contributed by atoms with E-state index in [2.05, 4.69) is 38.7 Å². The molecule has 0 spiro atoms. The van der Waals surface area contributed by atoms with Gasteiger partial charge in [0.25, 0.3) is 0 Å². The molecule has 0 saturated carbocycles. The third-order valence-corrected chi connectivity index (χ3v) is 4.69. The van der Waals surface area contributed by atoms with Gasteiger partial charge in [-0.3, -0.25) is 4.98 Å². The van der Waals surface area contributed by atoms with E-state index in [-0.39, 0.29) is 11.5 Å². The SMILES string of the molecule is Cc1cccnc1CC(Cl)C1C(C)OC(C)C1C. The Morgan fingerprint density at radius 3 is 2.61 bits per heavy atom. The van der Waals surface area contributed by atoms with Gasteiger partial charge in [-0.1, -0.05) is 13.0 Å². The molecule has 0 radical (unpaired) electrons. The van der Waals surface area contributed by atoms with E-state index in [4.69, 9.17) is 16.3 Å². The lowest BCUT2D eigenvalue weighted by Crippen LogP contribution is -2.29. The number of hydrogen-bond donors (Lipinski definition) is 0. The molecular weight excluding hydrogens is 246 g/mol. The second-order valence-electron chi connectivity index (χ2n) is 5.47. The van der Waals surface area contributed by atoms with Gasteiger partial charge >= 0.3 is 0 Å². The van der Waals surface area contributed by atoms with Crippen LogP contribution >= 0.6 is 11.6 Å². The Balaban J connectivity index is 2.08. The number of halogens is 1. The van der Waals surface area contributed by atoms with Gasteiger partial charge < -0.3 is 4.74 Å². The van der Waals surface area contributed by atoms with Crippen molar-refractivity contribution in [3.8, 4) is 0 Å². The fourth-order valence-corrected chi connectivity index (χ4v) is 3.55. The zero-order valence-corrected chi connectivity index (χ0v) is 12.3. The Hall–Kier alpha value is -0.600. The normalized spacial score (nSPS) is 33.6. The summed E-state index contributed by atoms with van der Waals surface area (Å²) < 4.78 is 5.87. The molecule has 1 aromatic heterocycles. The van der Waals surface area contributed by atoms with E-state index in [1.807, 2.05) is 12.3 Å². The first-order chi connectivity index (χ1) is 8.50. The molecule has 5 unspecified atom stereocenters. The molecular formula is C15H22ClNO. The summed E-state index contributed by atoms with van der Waals surface area (Å²) >= 11 is 6.63. The van der Waals surface area contributed by atoms with Crippen molar-refractivity contribution < 1.29 is 4.74 Å². The van der Waals surface area contributed by atoms with Crippen molar-refractivity contribution in [3.63, 3.8) is 0 Å². The molecule has 2 nitrogen and oxygen atoms in total. The standard InChI is InChI=1S/C15H22ClNO/c1-9-6-5-7-17-14(9)8-13(16)15-10(2)11(3)18-12(15)4/h5-7,10-13,15H,8H2,1-4H3. The summed E-state index contributed by atoms with van der Waals surface area (Å²) in [6, 6.07) is 4.06. The van der Waals surface area contributed by atoms with Gasteiger partial charge in [-0.25, -0.2) is 0 Å². The second kappa shape index (κ2) is 5.58. The molecule has 3 heteroatoms. The molecule has 18 heavy (non-hydrogen) atoms. The fraction of sp³-hybridized carbons (Fsp3) is 0.667. The van der Waals surface area contributed by atoms with Crippen LogP contribution in [0.4, 0.5) is 0 Å². The van der Waals surface area contributed by atoms with Crippen LogP contribution in [0.2, 0.25) is 0 Å². The number of ether oxygens (including phenoxy) is 1. The van der Waals surface area contributed by atoms with E-state index in [1.165, 1.54) is 5.56 Å². The smallest absolute Gasteiger partial charge is 0.0596 e. The first kappa shape index (κ1) is 13.8. The molecule has 0 aliphatic carbocycles. The van der Waals surface area contributed by atoms with Crippen molar-refractivity contribution in [2.45, 2.75) is 51.7 Å². The van der Waals surface area contributed by atoms with Gasteiger partial charge in [-0.05, 0) is 38.3 Å². The molecule has 1 saturated heterocycles. The van der Waals surface area contributed by atoms with Crippen molar-refractivity contribution in [2.75, 3.05) is 0 Å². The average molecular weight is 268 g/mol. The minimum Gasteiger partial charge on any atom is -0.375 e. The molecule has 1 aromatic rings. The summed E-state index contributed by atoms with van der Waals surface area (Å²) in [6.07, 6.45) is 3.20. The third-order valence-electron chi connectivity index (χ3n) is 4.24. The Kier molecular flexibility index (Phi) is 4.29. The molecule has 0 amide bonds. The van der Waals surface area contributed by atoms with Crippen molar-refractivity contribution in [3.05, 3.63) is 29.6 Å².